The quantitative estimate of drug-likeness (QED) is 0.536. The molecule has 0 heterocycles. The average molecular weight is 245 g/mol. The van der Waals surface area contributed by atoms with Crippen molar-refractivity contribution in [3.63, 3.8) is 0 Å². The van der Waals surface area contributed by atoms with Crippen LogP contribution in [0, 0.1) is 11.8 Å². The predicted octanol–water partition coefficient (Wildman–Crippen LogP) is 2.70. The molecule has 0 bridgehead atoms. The van der Waals surface area contributed by atoms with Gasteiger partial charge in [0.25, 0.3) is 0 Å². The van der Waals surface area contributed by atoms with Crippen LogP contribution in [0.15, 0.2) is 0 Å². The molecular weight excluding hydrogens is 214 g/mol. The minimum atomic E-state index is 0.748. The molecule has 17 heavy (non-hydrogen) atoms. The highest BCUT2D eigenvalue weighted by molar-refractivity contribution is 4.64. The van der Waals surface area contributed by atoms with Crippen molar-refractivity contribution in [2.45, 2.75) is 40.0 Å². The third-order valence-corrected chi connectivity index (χ3v) is 2.80. The number of ether oxygens (including phenoxy) is 2. The lowest BCUT2D eigenvalue weighted by molar-refractivity contribution is 0.0917. The van der Waals surface area contributed by atoms with E-state index in [2.05, 4.69) is 26.1 Å². The summed E-state index contributed by atoms with van der Waals surface area (Å²) < 4.78 is 10.6. The number of hydrogen-bond donors (Lipinski definition) is 1. The third-order valence-electron chi connectivity index (χ3n) is 2.80. The molecular formula is C14H31NO2. The predicted molar refractivity (Wildman–Crippen MR) is 73.4 cm³/mol. The Morgan fingerprint density at radius 2 is 1.88 bits per heavy atom. The van der Waals surface area contributed by atoms with Gasteiger partial charge in [0.05, 0.1) is 0 Å². The largest absolute Gasteiger partial charge is 0.385 e. The fourth-order valence-corrected chi connectivity index (χ4v) is 1.98. The second kappa shape index (κ2) is 12.3. The van der Waals surface area contributed by atoms with Crippen molar-refractivity contribution in [1.29, 1.82) is 0 Å². The van der Waals surface area contributed by atoms with Crippen molar-refractivity contribution in [3.05, 3.63) is 0 Å². The van der Waals surface area contributed by atoms with Crippen molar-refractivity contribution in [2.75, 3.05) is 40.0 Å². The maximum atomic E-state index is 5.62. The zero-order valence-electron chi connectivity index (χ0n) is 12.1. The van der Waals surface area contributed by atoms with Gasteiger partial charge in [-0.15, -0.1) is 0 Å². The van der Waals surface area contributed by atoms with E-state index < -0.39 is 0 Å². The minimum absolute atomic E-state index is 0.748. The van der Waals surface area contributed by atoms with Crippen molar-refractivity contribution in [3.8, 4) is 0 Å². The first kappa shape index (κ1) is 16.9. The summed E-state index contributed by atoms with van der Waals surface area (Å²) >= 11 is 0. The van der Waals surface area contributed by atoms with Gasteiger partial charge in [-0.05, 0) is 44.2 Å². The van der Waals surface area contributed by atoms with E-state index in [0.717, 1.165) is 57.6 Å². The van der Waals surface area contributed by atoms with Crippen LogP contribution in [0.5, 0.6) is 0 Å². The Labute approximate surface area is 107 Å². The van der Waals surface area contributed by atoms with Crippen molar-refractivity contribution >= 4 is 0 Å². The highest BCUT2D eigenvalue weighted by atomic mass is 16.5. The van der Waals surface area contributed by atoms with E-state index in [1.165, 1.54) is 6.42 Å². The van der Waals surface area contributed by atoms with E-state index in [-0.39, 0.29) is 0 Å². The van der Waals surface area contributed by atoms with Crippen LogP contribution in [0.1, 0.15) is 40.0 Å². The molecule has 0 aliphatic carbocycles. The SMILES string of the molecule is CCNCC(CCOCCCOC)CC(C)C. The van der Waals surface area contributed by atoms with Crippen LogP contribution in [0.4, 0.5) is 0 Å². The van der Waals surface area contributed by atoms with E-state index in [1.54, 1.807) is 7.11 Å². The summed E-state index contributed by atoms with van der Waals surface area (Å²) in [7, 11) is 1.73. The molecule has 3 heteroatoms. The Balaban J connectivity index is 3.53. The Kier molecular flexibility index (Phi) is 12.3. The first-order chi connectivity index (χ1) is 8.20. The lowest BCUT2D eigenvalue weighted by Crippen LogP contribution is -2.24. The van der Waals surface area contributed by atoms with Crippen molar-refractivity contribution in [1.82, 2.24) is 5.32 Å². The van der Waals surface area contributed by atoms with Crippen molar-refractivity contribution < 1.29 is 9.47 Å². The molecule has 0 aromatic heterocycles. The van der Waals surface area contributed by atoms with Gasteiger partial charge in [-0.3, -0.25) is 0 Å². The first-order valence-corrected chi connectivity index (χ1v) is 6.98. The molecule has 104 valence electrons. The monoisotopic (exact) mass is 245 g/mol. The van der Waals surface area contributed by atoms with Gasteiger partial charge < -0.3 is 14.8 Å². The molecule has 1 N–H and O–H groups in total. The zero-order chi connectivity index (χ0) is 12.9. The topological polar surface area (TPSA) is 30.5 Å². The van der Waals surface area contributed by atoms with Crippen LogP contribution in [-0.2, 0) is 9.47 Å². The van der Waals surface area contributed by atoms with Crippen LogP contribution in [0.3, 0.4) is 0 Å². The summed E-state index contributed by atoms with van der Waals surface area (Å²) in [5.74, 6) is 1.52. The molecule has 0 aliphatic heterocycles. The molecule has 0 aromatic rings. The summed E-state index contributed by atoms with van der Waals surface area (Å²) in [6, 6.07) is 0. The molecule has 0 fully saturated rings. The van der Waals surface area contributed by atoms with Crippen LogP contribution in [-0.4, -0.2) is 40.0 Å². The van der Waals surface area contributed by atoms with Crippen LogP contribution in [0.25, 0.3) is 0 Å². The molecule has 0 saturated carbocycles. The highest BCUT2D eigenvalue weighted by Gasteiger charge is 2.10. The Bertz CT molecular complexity index is 151. The number of rotatable bonds is 12. The summed E-state index contributed by atoms with van der Waals surface area (Å²) in [5, 5.41) is 3.44. The highest BCUT2D eigenvalue weighted by Crippen LogP contribution is 2.14. The van der Waals surface area contributed by atoms with Gasteiger partial charge in [-0.1, -0.05) is 20.8 Å². The second-order valence-corrected chi connectivity index (χ2v) is 5.05. The zero-order valence-corrected chi connectivity index (χ0v) is 12.1. The smallest absolute Gasteiger partial charge is 0.0487 e. The third kappa shape index (κ3) is 12.1. The number of hydrogen-bond acceptors (Lipinski definition) is 3. The van der Waals surface area contributed by atoms with Crippen LogP contribution in [0.2, 0.25) is 0 Å². The fourth-order valence-electron chi connectivity index (χ4n) is 1.98. The second-order valence-electron chi connectivity index (χ2n) is 5.05. The summed E-state index contributed by atoms with van der Waals surface area (Å²) in [5.41, 5.74) is 0. The molecule has 1 atom stereocenters. The Hall–Kier alpha value is -0.120. The van der Waals surface area contributed by atoms with E-state index in [4.69, 9.17) is 9.47 Å². The molecule has 0 rings (SSSR count). The molecule has 0 spiro atoms. The van der Waals surface area contributed by atoms with Gasteiger partial charge in [0.1, 0.15) is 0 Å². The standard InChI is InChI=1S/C14H31NO2/c1-5-15-12-14(11-13(2)3)7-10-17-9-6-8-16-4/h13-15H,5-12H2,1-4H3. The molecule has 1 unspecified atom stereocenters. The first-order valence-electron chi connectivity index (χ1n) is 6.98. The molecule has 0 aromatic carbocycles. The van der Waals surface area contributed by atoms with Crippen LogP contribution < -0.4 is 5.32 Å². The minimum Gasteiger partial charge on any atom is -0.385 e. The van der Waals surface area contributed by atoms with E-state index in [0.29, 0.717) is 0 Å². The normalized spacial score (nSPS) is 13.2. The fraction of sp³-hybridized carbons (Fsp3) is 1.00. The van der Waals surface area contributed by atoms with E-state index in [9.17, 15) is 0 Å². The van der Waals surface area contributed by atoms with Gasteiger partial charge in [-0.25, -0.2) is 0 Å². The van der Waals surface area contributed by atoms with Gasteiger partial charge in [0, 0.05) is 26.9 Å². The molecule has 0 aliphatic rings. The Morgan fingerprint density at radius 3 is 2.47 bits per heavy atom. The summed E-state index contributed by atoms with van der Waals surface area (Å²) in [6.45, 7) is 11.4. The maximum absolute atomic E-state index is 5.62. The van der Waals surface area contributed by atoms with Gasteiger partial charge in [-0.2, -0.15) is 0 Å². The molecule has 0 amide bonds. The van der Waals surface area contributed by atoms with Crippen molar-refractivity contribution in [2.24, 2.45) is 11.8 Å². The van der Waals surface area contributed by atoms with E-state index >= 15 is 0 Å². The van der Waals surface area contributed by atoms with Gasteiger partial charge >= 0.3 is 0 Å². The maximum Gasteiger partial charge on any atom is 0.0487 e. The molecule has 0 radical (unpaired) electrons. The average Bonchev–Trinajstić information content (AvgIpc) is 2.29. The van der Waals surface area contributed by atoms with Crippen LogP contribution >= 0.6 is 0 Å². The summed E-state index contributed by atoms with van der Waals surface area (Å²) in [4.78, 5) is 0. The van der Waals surface area contributed by atoms with Gasteiger partial charge in [0.15, 0.2) is 0 Å². The number of nitrogens with one attached hydrogen (secondary N) is 1. The lowest BCUT2D eigenvalue weighted by atomic mass is 9.94. The molecule has 0 saturated heterocycles. The summed E-state index contributed by atoms with van der Waals surface area (Å²) in [6.07, 6.45) is 3.45. The van der Waals surface area contributed by atoms with Gasteiger partial charge in [0.2, 0.25) is 0 Å². The molecule has 3 nitrogen and oxygen atoms in total. The lowest BCUT2D eigenvalue weighted by Gasteiger charge is -2.19. The van der Waals surface area contributed by atoms with E-state index in [1.807, 2.05) is 0 Å². The Morgan fingerprint density at radius 1 is 1.12 bits per heavy atom. The number of methoxy groups -OCH3 is 1.